The molecule has 2 heterocycles. The Kier molecular flexibility index (Phi) is 2.86. The number of hydrogen-bond acceptors (Lipinski definition) is 5. The van der Waals surface area contributed by atoms with E-state index in [2.05, 4.69) is 0 Å². The molecule has 2 rings (SSSR count). The van der Waals surface area contributed by atoms with E-state index in [1.165, 1.54) is 7.05 Å². The molecule has 2 saturated heterocycles. The molecule has 2 aliphatic heterocycles. The molecule has 2 fully saturated rings. The zero-order valence-electron chi connectivity index (χ0n) is 9.25. The van der Waals surface area contributed by atoms with Crippen molar-refractivity contribution in [3.63, 3.8) is 0 Å². The maximum Gasteiger partial charge on any atom is 0.417 e. The van der Waals surface area contributed by atoms with Crippen molar-refractivity contribution in [1.29, 1.82) is 0 Å². The van der Waals surface area contributed by atoms with E-state index >= 15 is 0 Å². The fraction of sp³-hybridized carbons (Fsp3) is 0.800. The van der Waals surface area contributed by atoms with Crippen LogP contribution in [0.3, 0.4) is 0 Å². The number of amides is 2. The highest BCUT2D eigenvalue weighted by molar-refractivity contribution is 6.00. The van der Waals surface area contributed by atoms with Gasteiger partial charge in [-0.05, 0) is 19.8 Å². The van der Waals surface area contributed by atoms with Gasteiger partial charge in [-0.1, -0.05) is 0 Å². The standard InChI is InChI=1S/C10H15NO5/c1-5-6(12)3-4-7(15-5)8-9(13)11(2)10(14)16-8/h5-8,12H,3-4H2,1-2H3/t5-,6?,7?,8?/m0/s1. The number of nitrogens with zero attached hydrogens (tertiary/aromatic N) is 1. The predicted molar refractivity (Wildman–Crippen MR) is 52.6 cm³/mol. The predicted octanol–water partition coefficient (Wildman–Crippen LogP) is -0.108. The summed E-state index contributed by atoms with van der Waals surface area (Å²) in [6, 6.07) is 0. The molecule has 90 valence electrons. The van der Waals surface area contributed by atoms with Crippen molar-refractivity contribution in [2.45, 2.75) is 44.2 Å². The first-order valence-corrected chi connectivity index (χ1v) is 5.32. The second-order valence-electron chi connectivity index (χ2n) is 4.23. The minimum atomic E-state index is -0.854. The zero-order valence-corrected chi connectivity index (χ0v) is 9.25. The highest BCUT2D eigenvalue weighted by Gasteiger charge is 2.45. The van der Waals surface area contributed by atoms with Crippen LogP contribution in [-0.2, 0) is 14.3 Å². The van der Waals surface area contributed by atoms with Gasteiger partial charge < -0.3 is 14.6 Å². The number of aliphatic hydroxyl groups excluding tert-OH is 1. The molecule has 0 bridgehead atoms. The van der Waals surface area contributed by atoms with Gasteiger partial charge in [0.15, 0.2) is 0 Å². The molecule has 4 atom stereocenters. The summed E-state index contributed by atoms with van der Waals surface area (Å²) in [5.41, 5.74) is 0. The summed E-state index contributed by atoms with van der Waals surface area (Å²) in [6.07, 6.45) is -1.72. The topological polar surface area (TPSA) is 76.1 Å². The Bertz CT molecular complexity index is 318. The summed E-state index contributed by atoms with van der Waals surface area (Å²) in [5, 5.41) is 9.48. The van der Waals surface area contributed by atoms with Gasteiger partial charge in [0.2, 0.25) is 6.10 Å². The largest absolute Gasteiger partial charge is 0.433 e. The Morgan fingerprint density at radius 1 is 1.38 bits per heavy atom. The van der Waals surface area contributed by atoms with E-state index in [1.807, 2.05) is 0 Å². The van der Waals surface area contributed by atoms with Crippen molar-refractivity contribution in [3.05, 3.63) is 0 Å². The van der Waals surface area contributed by atoms with Gasteiger partial charge in [-0.2, -0.15) is 0 Å². The van der Waals surface area contributed by atoms with Crippen LogP contribution in [0.1, 0.15) is 19.8 Å². The highest BCUT2D eigenvalue weighted by atomic mass is 16.6. The molecule has 0 aromatic rings. The van der Waals surface area contributed by atoms with E-state index in [9.17, 15) is 14.7 Å². The first kappa shape index (κ1) is 11.3. The monoisotopic (exact) mass is 229 g/mol. The number of ether oxygens (including phenoxy) is 2. The first-order chi connectivity index (χ1) is 7.50. The number of carbonyl (C=O) groups is 2. The van der Waals surface area contributed by atoms with Gasteiger partial charge in [-0.3, -0.25) is 4.79 Å². The number of likely N-dealkylation sites (N-methyl/N-ethyl adjacent to an activating group) is 1. The first-order valence-electron chi connectivity index (χ1n) is 5.32. The van der Waals surface area contributed by atoms with Crippen molar-refractivity contribution >= 4 is 12.0 Å². The molecule has 0 aromatic heterocycles. The Labute approximate surface area is 93.1 Å². The van der Waals surface area contributed by atoms with Crippen LogP contribution in [-0.4, -0.2) is 53.5 Å². The van der Waals surface area contributed by atoms with E-state index in [1.54, 1.807) is 6.92 Å². The van der Waals surface area contributed by atoms with Crippen LogP contribution >= 0.6 is 0 Å². The molecule has 3 unspecified atom stereocenters. The lowest BCUT2D eigenvalue weighted by atomic mass is 9.98. The molecule has 0 aromatic carbocycles. The van der Waals surface area contributed by atoms with Crippen molar-refractivity contribution in [3.8, 4) is 0 Å². The van der Waals surface area contributed by atoms with E-state index in [-0.39, 0.29) is 12.0 Å². The minimum absolute atomic E-state index is 0.337. The zero-order chi connectivity index (χ0) is 11.9. The number of rotatable bonds is 1. The van der Waals surface area contributed by atoms with Crippen molar-refractivity contribution in [2.24, 2.45) is 0 Å². The Morgan fingerprint density at radius 3 is 2.56 bits per heavy atom. The SMILES string of the molecule is C[C@@H]1OC(C2OC(=O)N(C)C2=O)CCC1O. The van der Waals surface area contributed by atoms with Gasteiger partial charge in [0, 0.05) is 7.05 Å². The number of cyclic esters (lactones) is 1. The maximum atomic E-state index is 11.6. The molecular weight excluding hydrogens is 214 g/mol. The molecule has 6 heteroatoms. The maximum absolute atomic E-state index is 11.6. The van der Waals surface area contributed by atoms with Crippen LogP contribution in [0.5, 0.6) is 0 Å². The van der Waals surface area contributed by atoms with Gasteiger partial charge in [0.05, 0.1) is 12.2 Å². The van der Waals surface area contributed by atoms with Crippen LogP contribution in [0.15, 0.2) is 0 Å². The summed E-state index contributed by atoms with van der Waals surface area (Å²) in [7, 11) is 1.38. The van der Waals surface area contributed by atoms with Gasteiger partial charge in [0.25, 0.3) is 5.91 Å². The second-order valence-corrected chi connectivity index (χ2v) is 4.23. The average Bonchev–Trinajstić information content (AvgIpc) is 2.50. The van der Waals surface area contributed by atoms with Crippen LogP contribution < -0.4 is 0 Å². The number of imide groups is 1. The van der Waals surface area contributed by atoms with Crippen LogP contribution in [0.25, 0.3) is 0 Å². The quantitative estimate of drug-likeness (QED) is 0.679. The average molecular weight is 229 g/mol. The third kappa shape index (κ3) is 1.78. The lowest BCUT2D eigenvalue weighted by Gasteiger charge is -2.33. The highest BCUT2D eigenvalue weighted by Crippen LogP contribution is 2.26. The van der Waals surface area contributed by atoms with E-state index in [0.29, 0.717) is 12.8 Å². The van der Waals surface area contributed by atoms with E-state index in [4.69, 9.17) is 9.47 Å². The van der Waals surface area contributed by atoms with Gasteiger partial charge in [-0.25, -0.2) is 9.69 Å². The molecule has 0 spiro atoms. The fourth-order valence-corrected chi connectivity index (χ4v) is 1.98. The van der Waals surface area contributed by atoms with Gasteiger partial charge >= 0.3 is 6.09 Å². The van der Waals surface area contributed by atoms with Crippen molar-refractivity contribution in [1.82, 2.24) is 4.90 Å². The van der Waals surface area contributed by atoms with Gasteiger partial charge in [-0.15, -0.1) is 0 Å². The Hall–Kier alpha value is -1.14. The molecule has 0 aliphatic carbocycles. The normalized spacial score (nSPS) is 40.1. The summed E-state index contributed by atoms with van der Waals surface area (Å²) in [5.74, 6) is -0.376. The van der Waals surface area contributed by atoms with Crippen molar-refractivity contribution in [2.75, 3.05) is 7.05 Å². The number of aliphatic hydroxyl groups is 1. The molecule has 2 amide bonds. The lowest BCUT2D eigenvalue weighted by molar-refractivity contribution is -0.155. The summed E-state index contributed by atoms with van der Waals surface area (Å²) in [4.78, 5) is 23.8. The molecule has 0 radical (unpaired) electrons. The third-order valence-electron chi connectivity index (χ3n) is 3.09. The lowest BCUT2D eigenvalue weighted by Crippen LogP contribution is -2.45. The molecule has 0 saturated carbocycles. The number of hydrogen-bond donors (Lipinski definition) is 1. The Morgan fingerprint density at radius 2 is 2.06 bits per heavy atom. The summed E-state index contributed by atoms with van der Waals surface area (Å²) < 4.78 is 10.4. The smallest absolute Gasteiger partial charge is 0.417 e. The van der Waals surface area contributed by atoms with Gasteiger partial charge in [0.1, 0.15) is 6.10 Å². The second kappa shape index (κ2) is 4.03. The molecule has 1 N–H and O–H groups in total. The molecule has 2 aliphatic rings. The molecule has 16 heavy (non-hydrogen) atoms. The van der Waals surface area contributed by atoms with Crippen molar-refractivity contribution < 1.29 is 24.2 Å². The van der Waals surface area contributed by atoms with Crippen LogP contribution in [0, 0.1) is 0 Å². The molecule has 6 nitrogen and oxygen atoms in total. The number of carbonyl (C=O) groups excluding carboxylic acids is 2. The molecular formula is C10H15NO5. The van der Waals surface area contributed by atoms with E-state index < -0.39 is 24.4 Å². The third-order valence-corrected chi connectivity index (χ3v) is 3.09. The Balaban J connectivity index is 2.04. The minimum Gasteiger partial charge on any atom is -0.433 e. The fourth-order valence-electron chi connectivity index (χ4n) is 1.98. The van der Waals surface area contributed by atoms with E-state index in [0.717, 1.165) is 4.90 Å². The summed E-state index contributed by atoms with van der Waals surface area (Å²) in [6.45, 7) is 1.74. The summed E-state index contributed by atoms with van der Waals surface area (Å²) >= 11 is 0. The van der Waals surface area contributed by atoms with Crippen LogP contribution in [0.4, 0.5) is 4.79 Å². The van der Waals surface area contributed by atoms with Crippen LogP contribution in [0.2, 0.25) is 0 Å².